The monoisotopic (exact) mass is 256 g/mol. The van der Waals surface area contributed by atoms with E-state index in [0.29, 0.717) is 10.8 Å². The third kappa shape index (κ3) is 1.62. The Morgan fingerprint density at radius 1 is 1.31 bits per heavy atom. The topological polar surface area (TPSA) is 38.9 Å². The van der Waals surface area contributed by atoms with Gasteiger partial charge in [-0.15, -0.1) is 0 Å². The Hall–Kier alpha value is -0.800. The van der Waals surface area contributed by atoms with E-state index in [1.807, 2.05) is 24.3 Å². The van der Waals surface area contributed by atoms with Crippen molar-refractivity contribution in [1.82, 2.24) is 4.98 Å². The number of halogens is 2. The van der Waals surface area contributed by atoms with E-state index >= 15 is 0 Å². The molecule has 2 nitrogen and oxygen atoms in total. The minimum absolute atomic E-state index is 0.356. The van der Waals surface area contributed by atoms with Gasteiger partial charge in [0.1, 0.15) is 0 Å². The number of aromatic nitrogens is 1. The number of nitrogen functional groups attached to an aromatic ring is 1. The summed E-state index contributed by atoms with van der Waals surface area (Å²) in [6.07, 6.45) is 0. The zero-order valence-electron chi connectivity index (χ0n) is 6.59. The van der Waals surface area contributed by atoms with Crippen LogP contribution in [-0.2, 0) is 0 Å². The van der Waals surface area contributed by atoms with Crippen LogP contribution in [0.1, 0.15) is 0 Å². The van der Waals surface area contributed by atoms with Crippen molar-refractivity contribution in [3.8, 4) is 0 Å². The van der Waals surface area contributed by atoms with E-state index in [9.17, 15) is 0 Å². The molecule has 2 aromatic rings. The normalized spacial score (nSPS) is 10.6. The summed E-state index contributed by atoms with van der Waals surface area (Å²) in [6.45, 7) is 0. The lowest BCUT2D eigenvalue weighted by molar-refractivity contribution is 1.41. The lowest BCUT2D eigenvalue weighted by Crippen LogP contribution is -1.89. The first-order valence-electron chi connectivity index (χ1n) is 3.68. The van der Waals surface area contributed by atoms with E-state index in [4.69, 9.17) is 17.3 Å². The molecule has 0 amide bonds. The molecule has 0 bridgehead atoms. The fraction of sp³-hybridized carbons (Fsp3) is 0. The van der Waals surface area contributed by atoms with E-state index in [1.165, 1.54) is 0 Å². The van der Waals surface area contributed by atoms with Crippen LogP contribution in [0.4, 0.5) is 5.69 Å². The van der Waals surface area contributed by atoms with Crippen molar-refractivity contribution in [3.05, 3.63) is 33.9 Å². The predicted molar refractivity (Wildman–Crippen MR) is 58.9 cm³/mol. The second-order valence-electron chi connectivity index (χ2n) is 2.71. The molecule has 0 fully saturated rings. The van der Waals surface area contributed by atoms with E-state index < -0.39 is 0 Å². The Kier molecular flexibility index (Phi) is 2.14. The van der Waals surface area contributed by atoms with Crippen LogP contribution < -0.4 is 5.73 Å². The molecule has 13 heavy (non-hydrogen) atoms. The summed E-state index contributed by atoms with van der Waals surface area (Å²) in [5, 5.41) is 1.34. The number of rotatable bonds is 0. The zero-order chi connectivity index (χ0) is 9.42. The molecular formula is C9H6BrClN2. The zero-order valence-corrected chi connectivity index (χ0v) is 8.93. The molecule has 0 radical (unpaired) electrons. The van der Waals surface area contributed by atoms with Crippen LogP contribution >= 0.6 is 27.5 Å². The molecule has 1 aromatic carbocycles. The summed E-state index contributed by atoms with van der Waals surface area (Å²) in [4.78, 5) is 4.14. The molecule has 0 aliphatic carbocycles. The number of nitrogens with two attached hydrogens (primary N) is 1. The van der Waals surface area contributed by atoms with Crippen molar-refractivity contribution in [2.24, 2.45) is 0 Å². The molecule has 0 spiro atoms. The smallest absolute Gasteiger partial charge is 0.152 e. The van der Waals surface area contributed by atoms with Crippen LogP contribution in [0.3, 0.4) is 0 Å². The summed E-state index contributed by atoms with van der Waals surface area (Å²) in [5.74, 6) is 0. The minimum Gasteiger partial charge on any atom is -0.396 e. The third-order valence-corrected chi connectivity index (χ3v) is 2.55. The van der Waals surface area contributed by atoms with Gasteiger partial charge in [0.25, 0.3) is 0 Å². The third-order valence-electron chi connectivity index (χ3n) is 1.76. The molecule has 0 aliphatic heterocycles. The van der Waals surface area contributed by atoms with Gasteiger partial charge in [-0.1, -0.05) is 27.5 Å². The maximum absolute atomic E-state index is 5.78. The highest BCUT2D eigenvalue weighted by atomic mass is 79.9. The molecule has 0 saturated carbocycles. The highest BCUT2D eigenvalue weighted by Gasteiger charge is 2.01. The second kappa shape index (κ2) is 3.16. The molecule has 66 valence electrons. The van der Waals surface area contributed by atoms with E-state index in [1.54, 1.807) is 0 Å². The fourth-order valence-corrected chi connectivity index (χ4v) is 1.66. The number of nitrogens with zero attached hydrogens (tertiary/aromatic N) is 1. The first kappa shape index (κ1) is 8.78. The highest BCUT2D eigenvalue weighted by molar-refractivity contribution is 9.10. The Bertz CT molecular complexity index is 470. The summed E-state index contributed by atoms with van der Waals surface area (Å²) in [5.41, 5.74) is 6.98. The molecule has 1 aromatic heterocycles. The summed E-state index contributed by atoms with van der Waals surface area (Å²) >= 11 is 9.15. The van der Waals surface area contributed by atoms with Gasteiger partial charge in [-0.25, -0.2) is 4.98 Å². The molecule has 4 heteroatoms. The average Bonchev–Trinajstić information content (AvgIpc) is 2.08. The maximum atomic E-state index is 5.78. The van der Waals surface area contributed by atoms with Crippen molar-refractivity contribution in [2.45, 2.75) is 0 Å². The number of anilines is 1. The standard InChI is InChI=1S/C9H6BrClN2/c10-6-1-2-8-5(3-6)4-7(12)9(11)13-8/h1-4H,12H2. The Morgan fingerprint density at radius 2 is 2.08 bits per heavy atom. The SMILES string of the molecule is Nc1cc2cc(Br)ccc2nc1Cl. The van der Waals surface area contributed by atoms with Crippen molar-refractivity contribution in [3.63, 3.8) is 0 Å². The molecule has 2 rings (SSSR count). The van der Waals surface area contributed by atoms with Crippen molar-refractivity contribution >= 4 is 44.1 Å². The Balaban J connectivity index is 2.81. The number of benzene rings is 1. The van der Waals surface area contributed by atoms with Crippen LogP contribution in [0.15, 0.2) is 28.7 Å². The van der Waals surface area contributed by atoms with Gasteiger partial charge in [-0.2, -0.15) is 0 Å². The van der Waals surface area contributed by atoms with Gasteiger partial charge in [0.15, 0.2) is 5.15 Å². The van der Waals surface area contributed by atoms with Gasteiger partial charge in [-0.05, 0) is 24.3 Å². The van der Waals surface area contributed by atoms with Gasteiger partial charge in [0.2, 0.25) is 0 Å². The Morgan fingerprint density at radius 3 is 2.85 bits per heavy atom. The van der Waals surface area contributed by atoms with Crippen molar-refractivity contribution in [2.75, 3.05) is 5.73 Å². The van der Waals surface area contributed by atoms with Crippen LogP contribution in [0.2, 0.25) is 5.15 Å². The van der Waals surface area contributed by atoms with Crippen LogP contribution in [0, 0.1) is 0 Å². The largest absolute Gasteiger partial charge is 0.396 e. The number of hydrogen-bond donors (Lipinski definition) is 1. The summed E-state index contributed by atoms with van der Waals surface area (Å²) in [6, 6.07) is 7.58. The maximum Gasteiger partial charge on any atom is 0.152 e. The molecule has 0 unspecified atom stereocenters. The average molecular weight is 258 g/mol. The molecule has 0 aliphatic rings. The molecular weight excluding hydrogens is 251 g/mol. The van der Waals surface area contributed by atoms with Gasteiger partial charge < -0.3 is 5.73 Å². The quantitative estimate of drug-likeness (QED) is 0.736. The van der Waals surface area contributed by atoms with Crippen LogP contribution in [0.5, 0.6) is 0 Å². The predicted octanol–water partition coefficient (Wildman–Crippen LogP) is 3.23. The van der Waals surface area contributed by atoms with E-state index in [2.05, 4.69) is 20.9 Å². The summed E-state index contributed by atoms with van der Waals surface area (Å²) < 4.78 is 1.00. The van der Waals surface area contributed by atoms with Crippen molar-refractivity contribution in [1.29, 1.82) is 0 Å². The number of hydrogen-bond acceptors (Lipinski definition) is 2. The Labute approximate surface area is 88.8 Å². The first-order chi connectivity index (χ1) is 6.16. The number of fused-ring (bicyclic) bond motifs is 1. The van der Waals surface area contributed by atoms with Gasteiger partial charge >= 0.3 is 0 Å². The number of pyridine rings is 1. The summed E-state index contributed by atoms with van der Waals surface area (Å²) in [7, 11) is 0. The van der Waals surface area contributed by atoms with E-state index in [0.717, 1.165) is 15.4 Å². The van der Waals surface area contributed by atoms with Crippen LogP contribution in [0.25, 0.3) is 10.9 Å². The fourth-order valence-electron chi connectivity index (χ4n) is 1.14. The molecule has 0 atom stereocenters. The molecule has 1 heterocycles. The van der Waals surface area contributed by atoms with Gasteiger partial charge in [0, 0.05) is 9.86 Å². The van der Waals surface area contributed by atoms with Crippen LogP contribution in [-0.4, -0.2) is 4.98 Å². The first-order valence-corrected chi connectivity index (χ1v) is 4.85. The van der Waals surface area contributed by atoms with Gasteiger partial charge in [-0.3, -0.25) is 0 Å². The minimum atomic E-state index is 0.356. The highest BCUT2D eigenvalue weighted by Crippen LogP contribution is 2.24. The second-order valence-corrected chi connectivity index (χ2v) is 3.98. The van der Waals surface area contributed by atoms with Crippen molar-refractivity contribution < 1.29 is 0 Å². The molecule has 2 N–H and O–H groups in total. The van der Waals surface area contributed by atoms with Gasteiger partial charge in [0.05, 0.1) is 11.2 Å². The lowest BCUT2D eigenvalue weighted by Gasteiger charge is -2.01. The molecule has 0 saturated heterocycles. The lowest BCUT2D eigenvalue weighted by atomic mass is 10.2. The van der Waals surface area contributed by atoms with E-state index in [-0.39, 0.29) is 0 Å².